The van der Waals surface area contributed by atoms with Crippen LogP contribution in [0.25, 0.3) is 0 Å². The van der Waals surface area contributed by atoms with E-state index in [1.54, 1.807) is 6.92 Å². The van der Waals surface area contributed by atoms with Crippen molar-refractivity contribution >= 4 is 5.97 Å². The summed E-state index contributed by atoms with van der Waals surface area (Å²) in [7, 11) is 0. The van der Waals surface area contributed by atoms with Crippen LogP contribution in [0, 0.1) is 13.8 Å². The first kappa shape index (κ1) is 14.3. The minimum absolute atomic E-state index is 0.340. The summed E-state index contributed by atoms with van der Waals surface area (Å²) in [4.78, 5) is 11.2. The molecule has 0 aromatic heterocycles. The molecule has 0 amide bonds. The van der Waals surface area contributed by atoms with E-state index in [0.717, 1.165) is 29.5 Å². The Morgan fingerprint density at radius 1 is 1.33 bits per heavy atom. The van der Waals surface area contributed by atoms with Gasteiger partial charge in [-0.1, -0.05) is 18.7 Å². The molecule has 0 aliphatic rings. The summed E-state index contributed by atoms with van der Waals surface area (Å²) in [6.07, 6.45) is 1.59. The van der Waals surface area contributed by atoms with Gasteiger partial charge in [-0.3, -0.25) is 0 Å². The summed E-state index contributed by atoms with van der Waals surface area (Å²) in [6, 6.07) is 3.92. The van der Waals surface area contributed by atoms with Crippen molar-refractivity contribution in [1.82, 2.24) is 0 Å². The molecule has 0 aliphatic heterocycles. The van der Waals surface area contributed by atoms with Crippen LogP contribution in [0.4, 0.5) is 0 Å². The van der Waals surface area contributed by atoms with Crippen LogP contribution in [0.15, 0.2) is 24.3 Å². The lowest BCUT2D eigenvalue weighted by Crippen LogP contribution is -2.06. The molecule has 0 saturated carbocycles. The molecule has 0 fully saturated rings. The number of carbonyl (C=O) groups excluding carboxylic acids is 1. The molecule has 18 heavy (non-hydrogen) atoms. The first-order chi connectivity index (χ1) is 8.41. The lowest BCUT2D eigenvalue weighted by molar-refractivity contribution is -0.139. The maximum absolute atomic E-state index is 11.2. The molecule has 1 aromatic rings. The minimum Gasteiger partial charge on any atom is -0.507 e. The van der Waals surface area contributed by atoms with Gasteiger partial charge in [0.05, 0.1) is 6.61 Å². The SMILES string of the molecule is C=C(C)C(=O)OCCCc1cc(C)c(O)c(C)c1. The van der Waals surface area contributed by atoms with Crippen molar-refractivity contribution in [3.63, 3.8) is 0 Å². The summed E-state index contributed by atoms with van der Waals surface area (Å²) >= 11 is 0. The number of carbonyl (C=O) groups is 1. The van der Waals surface area contributed by atoms with Gasteiger partial charge in [-0.05, 0) is 50.3 Å². The summed E-state index contributed by atoms with van der Waals surface area (Å²) in [6.45, 7) is 9.31. The molecular formula is C15H20O3. The molecule has 3 nitrogen and oxygen atoms in total. The smallest absolute Gasteiger partial charge is 0.333 e. The molecule has 98 valence electrons. The summed E-state index contributed by atoms with van der Waals surface area (Å²) in [5.41, 5.74) is 3.33. The normalized spacial score (nSPS) is 10.2. The van der Waals surface area contributed by atoms with Crippen LogP contribution < -0.4 is 0 Å². The van der Waals surface area contributed by atoms with Crippen molar-refractivity contribution in [2.75, 3.05) is 6.61 Å². The highest BCUT2D eigenvalue weighted by atomic mass is 16.5. The fraction of sp³-hybridized carbons (Fsp3) is 0.400. The molecule has 0 bridgehead atoms. The predicted molar refractivity (Wildman–Crippen MR) is 71.7 cm³/mol. The molecule has 1 rings (SSSR count). The number of aryl methyl sites for hydroxylation is 3. The van der Waals surface area contributed by atoms with Crippen molar-refractivity contribution in [3.8, 4) is 5.75 Å². The molecule has 3 heteroatoms. The van der Waals surface area contributed by atoms with Gasteiger partial charge in [-0.2, -0.15) is 0 Å². The highest BCUT2D eigenvalue weighted by molar-refractivity contribution is 5.86. The average molecular weight is 248 g/mol. The molecular weight excluding hydrogens is 228 g/mol. The van der Waals surface area contributed by atoms with Crippen molar-refractivity contribution in [1.29, 1.82) is 0 Å². The van der Waals surface area contributed by atoms with Crippen LogP contribution in [0.2, 0.25) is 0 Å². The third-order valence-electron chi connectivity index (χ3n) is 2.74. The van der Waals surface area contributed by atoms with Gasteiger partial charge in [-0.15, -0.1) is 0 Å². The Morgan fingerprint density at radius 2 is 1.89 bits per heavy atom. The number of hydrogen-bond acceptors (Lipinski definition) is 3. The quantitative estimate of drug-likeness (QED) is 0.495. The molecule has 0 aliphatic carbocycles. The molecule has 0 spiro atoms. The highest BCUT2D eigenvalue weighted by Gasteiger charge is 2.05. The maximum Gasteiger partial charge on any atom is 0.333 e. The second-order valence-corrected chi connectivity index (χ2v) is 4.60. The lowest BCUT2D eigenvalue weighted by atomic mass is 10.0. The first-order valence-electron chi connectivity index (χ1n) is 6.03. The van der Waals surface area contributed by atoms with Crippen LogP contribution in [-0.4, -0.2) is 17.7 Å². The van der Waals surface area contributed by atoms with Gasteiger partial charge in [0.15, 0.2) is 0 Å². The summed E-state index contributed by atoms with van der Waals surface area (Å²) < 4.78 is 5.02. The number of hydrogen-bond donors (Lipinski definition) is 1. The number of esters is 1. The van der Waals surface area contributed by atoms with Gasteiger partial charge in [0.1, 0.15) is 5.75 Å². The van der Waals surface area contributed by atoms with E-state index < -0.39 is 0 Å². The molecule has 1 aromatic carbocycles. The lowest BCUT2D eigenvalue weighted by Gasteiger charge is -2.08. The topological polar surface area (TPSA) is 46.5 Å². The van der Waals surface area contributed by atoms with E-state index in [0.29, 0.717) is 17.9 Å². The zero-order chi connectivity index (χ0) is 13.7. The standard InChI is InChI=1S/C15H20O3/c1-10(2)15(17)18-7-5-6-13-8-11(3)14(16)12(4)9-13/h8-9,16H,1,5-7H2,2-4H3. The van der Waals surface area contributed by atoms with Crippen LogP contribution in [0.1, 0.15) is 30.0 Å². The number of rotatable bonds is 5. The Bertz CT molecular complexity index is 438. The van der Waals surface area contributed by atoms with Crippen molar-refractivity contribution in [2.24, 2.45) is 0 Å². The van der Waals surface area contributed by atoms with Gasteiger partial charge < -0.3 is 9.84 Å². The Balaban J connectivity index is 2.45. The maximum atomic E-state index is 11.2. The minimum atomic E-state index is -0.340. The van der Waals surface area contributed by atoms with Crippen molar-refractivity contribution in [2.45, 2.75) is 33.6 Å². The first-order valence-corrected chi connectivity index (χ1v) is 6.03. The highest BCUT2D eigenvalue weighted by Crippen LogP contribution is 2.23. The van der Waals surface area contributed by atoms with Crippen LogP contribution in [-0.2, 0) is 16.0 Å². The van der Waals surface area contributed by atoms with E-state index >= 15 is 0 Å². The Labute approximate surface area is 108 Å². The van der Waals surface area contributed by atoms with E-state index in [9.17, 15) is 9.90 Å². The number of phenolic OH excluding ortho intramolecular Hbond substituents is 1. The fourth-order valence-electron chi connectivity index (χ4n) is 1.75. The fourth-order valence-corrected chi connectivity index (χ4v) is 1.75. The van der Waals surface area contributed by atoms with E-state index in [1.807, 2.05) is 26.0 Å². The monoisotopic (exact) mass is 248 g/mol. The van der Waals surface area contributed by atoms with E-state index in [2.05, 4.69) is 6.58 Å². The third kappa shape index (κ3) is 3.91. The Hall–Kier alpha value is -1.77. The van der Waals surface area contributed by atoms with Crippen LogP contribution in [0.5, 0.6) is 5.75 Å². The Morgan fingerprint density at radius 3 is 2.39 bits per heavy atom. The van der Waals surface area contributed by atoms with Crippen LogP contribution >= 0.6 is 0 Å². The van der Waals surface area contributed by atoms with Gasteiger partial charge in [0, 0.05) is 5.57 Å². The van der Waals surface area contributed by atoms with E-state index in [4.69, 9.17) is 4.74 Å². The second kappa shape index (κ2) is 6.24. The van der Waals surface area contributed by atoms with Gasteiger partial charge in [0.2, 0.25) is 0 Å². The third-order valence-corrected chi connectivity index (χ3v) is 2.74. The van der Waals surface area contributed by atoms with E-state index in [-0.39, 0.29) is 5.97 Å². The number of ether oxygens (including phenoxy) is 1. The molecule has 0 radical (unpaired) electrons. The summed E-state index contributed by atoms with van der Waals surface area (Å²) in [5.74, 6) is 0.0144. The van der Waals surface area contributed by atoms with Crippen LogP contribution in [0.3, 0.4) is 0 Å². The molecule has 0 saturated heterocycles. The van der Waals surface area contributed by atoms with Crippen molar-refractivity contribution in [3.05, 3.63) is 41.0 Å². The average Bonchev–Trinajstić information content (AvgIpc) is 2.31. The zero-order valence-electron chi connectivity index (χ0n) is 11.2. The Kier molecular flexibility index (Phi) is 4.95. The summed E-state index contributed by atoms with van der Waals surface area (Å²) in [5, 5.41) is 9.66. The molecule has 0 heterocycles. The largest absolute Gasteiger partial charge is 0.507 e. The van der Waals surface area contributed by atoms with Gasteiger partial charge in [0.25, 0.3) is 0 Å². The van der Waals surface area contributed by atoms with E-state index in [1.165, 1.54) is 0 Å². The van der Waals surface area contributed by atoms with Gasteiger partial charge >= 0.3 is 5.97 Å². The zero-order valence-corrected chi connectivity index (χ0v) is 11.2. The van der Waals surface area contributed by atoms with Crippen molar-refractivity contribution < 1.29 is 14.6 Å². The number of phenols is 1. The molecule has 1 N–H and O–H groups in total. The molecule has 0 unspecified atom stereocenters. The molecule has 0 atom stereocenters. The number of aromatic hydroxyl groups is 1. The second-order valence-electron chi connectivity index (χ2n) is 4.60. The predicted octanol–water partition coefficient (Wildman–Crippen LogP) is 3.06. The number of benzene rings is 1. The van der Waals surface area contributed by atoms with Gasteiger partial charge in [-0.25, -0.2) is 4.79 Å².